The molecule has 0 aliphatic carbocycles. The van der Waals surface area contributed by atoms with Gasteiger partial charge >= 0.3 is 0 Å². The largest absolute Gasteiger partial charge is 0.312 e. The Morgan fingerprint density at radius 1 is 1.50 bits per heavy atom. The normalized spacial score (nSPS) is 12.8. The number of benzene rings is 1. The summed E-state index contributed by atoms with van der Waals surface area (Å²) >= 11 is 5.66. The van der Waals surface area contributed by atoms with Gasteiger partial charge in [-0.2, -0.15) is 0 Å². The zero-order valence-corrected chi connectivity index (χ0v) is 9.02. The lowest BCUT2D eigenvalue weighted by molar-refractivity contribution is 0.554. The summed E-state index contributed by atoms with van der Waals surface area (Å²) in [6.07, 6.45) is 0. The molecule has 78 valence electrons. The van der Waals surface area contributed by atoms with Crippen LogP contribution in [0.2, 0.25) is 0 Å². The fourth-order valence-electron chi connectivity index (χ4n) is 1.16. The van der Waals surface area contributed by atoms with Crippen LogP contribution in [0.15, 0.2) is 24.3 Å². The summed E-state index contributed by atoms with van der Waals surface area (Å²) in [6, 6.07) is 6.61. The Balaban J connectivity index is 2.31. The zero-order valence-electron chi connectivity index (χ0n) is 8.26. The second-order valence-electron chi connectivity index (χ2n) is 3.52. The number of rotatable bonds is 5. The summed E-state index contributed by atoms with van der Waals surface area (Å²) < 4.78 is 12.8. The molecule has 0 amide bonds. The van der Waals surface area contributed by atoms with Gasteiger partial charge in [0.15, 0.2) is 0 Å². The molecule has 1 aromatic rings. The Bertz CT molecular complexity index is 278. The summed E-state index contributed by atoms with van der Waals surface area (Å²) in [5.74, 6) is 0.913. The summed E-state index contributed by atoms with van der Waals surface area (Å²) in [6.45, 7) is 3.63. The first-order valence-electron chi connectivity index (χ1n) is 4.73. The van der Waals surface area contributed by atoms with Gasteiger partial charge in [0, 0.05) is 12.4 Å². The molecule has 0 saturated carbocycles. The van der Waals surface area contributed by atoms with Gasteiger partial charge in [-0.25, -0.2) is 4.39 Å². The van der Waals surface area contributed by atoms with Gasteiger partial charge in [-0.15, -0.1) is 11.6 Å². The van der Waals surface area contributed by atoms with Crippen molar-refractivity contribution in [3.8, 4) is 0 Å². The van der Waals surface area contributed by atoms with E-state index in [1.165, 1.54) is 6.07 Å². The van der Waals surface area contributed by atoms with E-state index < -0.39 is 0 Å². The number of alkyl halides is 1. The van der Waals surface area contributed by atoms with E-state index in [9.17, 15) is 4.39 Å². The molecule has 0 aliphatic heterocycles. The van der Waals surface area contributed by atoms with Crippen molar-refractivity contribution >= 4 is 11.6 Å². The van der Waals surface area contributed by atoms with E-state index in [0.717, 1.165) is 12.1 Å². The van der Waals surface area contributed by atoms with Gasteiger partial charge in [0.25, 0.3) is 0 Å². The first kappa shape index (κ1) is 11.5. The minimum absolute atomic E-state index is 0.185. The molecule has 1 aromatic carbocycles. The lowest BCUT2D eigenvalue weighted by atomic mass is 10.2. The highest BCUT2D eigenvalue weighted by Crippen LogP contribution is 2.03. The Hall–Kier alpha value is -0.600. The third-order valence-electron chi connectivity index (χ3n) is 1.97. The van der Waals surface area contributed by atoms with E-state index in [0.29, 0.717) is 18.3 Å². The van der Waals surface area contributed by atoms with Crippen LogP contribution >= 0.6 is 11.6 Å². The Kier molecular flexibility index (Phi) is 4.91. The van der Waals surface area contributed by atoms with Gasteiger partial charge in [-0.1, -0.05) is 19.1 Å². The molecular weight excluding hydrogens is 201 g/mol. The van der Waals surface area contributed by atoms with Crippen molar-refractivity contribution in [2.75, 3.05) is 12.4 Å². The van der Waals surface area contributed by atoms with Gasteiger partial charge in [0.1, 0.15) is 5.82 Å². The summed E-state index contributed by atoms with van der Waals surface area (Å²) in [5, 5.41) is 3.23. The predicted octanol–water partition coefficient (Wildman–Crippen LogP) is 2.79. The standard InChI is InChI=1S/C11H15ClFN/c1-9(6-12)7-14-8-10-3-2-4-11(13)5-10/h2-5,9,14H,6-8H2,1H3. The van der Waals surface area contributed by atoms with Crippen LogP contribution in [0.4, 0.5) is 4.39 Å². The van der Waals surface area contributed by atoms with E-state index in [-0.39, 0.29) is 5.82 Å². The molecule has 1 nitrogen and oxygen atoms in total. The van der Waals surface area contributed by atoms with Crippen LogP contribution in [0.25, 0.3) is 0 Å². The highest BCUT2D eigenvalue weighted by molar-refractivity contribution is 6.18. The third kappa shape index (κ3) is 4.07. The van der Waals surface area contributed by atoms with Crippen LogP contribution in [-0.2, 0) is 6.54 Å². The quantitative estimate of drug-likeness (QED) is 0.745. The molecule has 1 rings (SSSR count). The lowest BCUT2D eigenvalue weighted by Crippen LogP contribution is -2.21. The molecule has 1 atom stereocenters. The van der Waals surface area contributed by atoms with Gasteiger partial charge in [0.2, 0.25) is 0 Å². The molecule has 0 radical (unpaired) electrons. The van der Waals surface area contributed by atoms with Gasteiger partial charge in [0.05, 0.1) is 0 Å². The van der Waals surface area contributed by atoms with Crippen molar-refractivity contribution in [2.45, 2.75) is 13.5 Å². The van der Waals surface area contributed by atoms with Crippen LogP contribution in [0.1, 0.15) is 12.5 Å². The van der Waals surface area contributed by atoms with Crippen LogP contribution in [0.5, 0.6) is 0 Å². The van der Waals surface area contributed by atoms with Gasteiger partial charge in [-0.3, -0.25) is 0 Å². The van der Waals surface area contributed by atoms with E-state index in [4.69, 9.17) is 11.6 Å². The van der Waals surface area contributed by atoms with E-state index in [1.807, 2.05) is 6.07 Å². The topological polar surface area (TPSA) is 12.0 Å². The number of hydrogen-bond acceptors (Lipinski definition) is 1. The Morgan fingerprint density at radius 3 is 2.93 bits per heavy atom. The highest BCUT2D eigenvalue weighted by atomic mass is 35.5. The van der Waals surface area contributed by atoms with Crippen molar-refractivity contribution in [1.29, 1.82) is 0 Å². The molecule has 0 aliphatic rings. The molecule has 0 bridgehead atoms. The van der Waals surface area contributed by atoms with E-state index >= 15 is 0 Å². The van der Waals surface area contributed by atoms with Crippen LogP contribution < -0.4 is 5.32 Å². The predicted molar refractivity (Wildman–Crippen MR) is 58.0 cm³/mol. The van der Waals surface area contributed by atoms with Crippen LogP contribution in [-0.4, -0.2) is 12.4 Å². The van der Waals surface area contributed by atoms with E-state index in [1.54, 1.807) is 12.1 Å². The van der Waals surface area contributed by atoms with Gasteiger partial charge in [-0.05, 0) is 30.2 Å². The SMILES string of the molecule is CC(CCl)CNCc1cccc(F)c1. The smallest absolute Gasteiger partial charge is 0.123 e. The summed E-state index contributed by atoms with van der Waals surface area (Å²) in [5.41, 5.74) is 0.965. The summed E-state index contributed by atoms with van der Waals surface area (Å²) in [7, 11) is 0. The van der Waals surface area contributed by atoms with E-state index in [2.05, 4.69) is 12.2 Å². The van der Waals surface area contributed by atoms with Crippen molar-refractivity contribution in [3.05, 3.63) is 35.6 Å². The molecule has 0 heterocycles. The second-order valence-corrected chi connectivity index (χ2v) is 3.83. The molecule has 1 N–H and O–H groups in total. The Morgan fingerprint density at radius 2 is 2.29 bits per heavy atom. The lowest BCUT2D eigenvalue weighted by Gasteiger charge is -2.08. The van der Waals surface area contributed by atoms with Crippen molar-refractivity contribution in [1.82, 2.24) is 5.32 Å². The maximum absolute atomic E-state index is 12.8. The van der Waals surface area contributed by atoms with Crippen molar-refractivity contribution < 1.29 is 4.39 Å². The van der Waals surface area contributed by atoms with Crippen molar-refractivity contribution in [2.24, 2.45) is 5.92 Å². The molecule has 3 heteroatoms. The molecule has 0 spiro atoms. The molecule has 0 saturated heterocycles. The minimum Gasteiger partial charge on any atom is -0.312 e. The molecule has 14 heavy (non-hydrogen) atoms. The average Bonchev–Trinajstić information content (AvgIpc) is 2.17. The average molecular weight is 216 g/mol. The third-order valence-corrected chi connectivity index (χ3v) is 2.50. The second kappa shape index (κ2) is 5.99. The Labute approximate surface area is 89.3 Å². The van der Waals surface area contributed by atoms with Crippen LogP contribution in [0, 0.1) is 11.7 Å². The number of nitrogens with one attached hydrogen (secondary N) is 1. The first-order valence-corrected chi connectivity index (χ1v) is 5.27. The maximum atomic E-state index is 12.8. The fraction of sp³-hybridized carbons (Fsp3) is 0.455. The van der Waals surface area contributed by atoms with Crippen molar-refractivity contribution in [3.63, 3.8) is 0 Å². The highest BCUT2D eigenvalue weighted by Gasteiger charge is 1.99. The summed E-state index contributed by atoms with van der Waals surface area (Å²) in [4.78, 5) is 0. The van der Waals surface area contributed by atoms with Crippen LogP contribution in [0.3, 0.4) is 0 Å². The number of hydrogen-bond donors (Lipinski definition) is 1. The van der Waals surface area contributed by atoms with Gasteiger partial charge < -0.3 is 5.32 Å². The number of halogens is 2. The monoisotopic (exact) mass is 215 g/mol. The maximum Gasteiger partial charge on any atom is 0.123 e. The molecule has 0 aromatic heterocycles. The molecule has 1 unspecified atom stereocenters. The molecular formula is C11H15ClFN. The zero-order chi connectivity index (χ0) is 10.4. The first-order chi connectivity index (χ1) is 6.72. The minimum atomic E-state index is -0.185. The molecule has 0 fully saturated rings. The fourth-order valence-corrected chi connectivity index (χ4v) is 1.27.